The molecule has 0 aliphatic rings. The molecule has 18 heavy (non-hydrogen) atoms. The van der Waals surface area contributed by atoms with Crippen LogP contribution in [-0.4, -0.2) is 43.2 Å². The molecule has 1 heterocycles. The van der Waals surface area contributed by atoms with E-state index in [-0.39, 0.29) is 0 Å². The van der Waals surface area contributed by atoms with Crippen LogP contribution in [0.4, 0.5) is 0 Å². The highest BCUT2D eigenvalue weighted by molar-refractivity contribution is 7.09. The molecule has 0 radical (unpaired) electrons. The van der Waals surface area contributed by atoms with Gasteiger partial charge in [-0.05, 0) is 12.5 Å². The molecule has 1 rings (SSSR count). The van der Waals surface area contributed by atoms with Gasteiger partial charge in [-0.25, -0.2) is 4.98 Å². The van der Waals surface area contributed by atoms with E-state index in [0.717, 1.165) is 43.4 Å². The lowest BCUT2D eigenvalue weighted by Crippen LogP contribution is -2.30. The zero-order chi connectivity index (χ0) is 13.4. The van der Waals surface area contributed by atoms with Crippen LogP contribution in [-0.2, 0) is 17.7 Å². The van der Waals surface area contributed by atoms with Gasteiger partial charge in [-0.3, -0.25) is 4.90 Å². The number of ether oxygens (including phenoxy) is 1. The first kappa shape index (κ1) is 15.6. The van der Waals surface area contributed by atoms with Gasteiger partial charge < -0.3 is 10.5 Å². The Morgan fingerprint density at radius 2 is 2.28 bits per heavy atom. The Balaban J connectivity index is 2.51. The summed E-state index contributed by atoms with van der Waals surface area (Å²) in [6.07, 6.45) is 0.882. The number of aromatic nitrogens is 1. The van der Waals surface area contributed by atoms with Crippen molar-refractivity contribution in [1.29, 1.82) is 0 Å². The van der Waals surface area contributed by atoms with E-state index in [1.54, 1.807) is 18.4 Å². The zero-order valence-corrected chi connectivity index (χ0v) is 12.5. The van der Waals surface area contributed by atoms with Crippen LogP contribution in [0.15, 0.2) is 5.38 Å². The standard InChI is InChI=1S/C13H25N3OS/c1-11(2)8-16(6-7-17-3)9-12-10-18-13(15-12)4-5-14/h10-11H,4-9,14H2,1-3H3. The van der Waals surface area contributed by atoms with Crippen LogP contribution in [0.2, 0.25) is 0 Å². The molecule has 104 valence electrons. The van der Waals surface area contributed by atoms with Crippen LogP contribution in [0, 0.1) is 5.92 Å². The van der Waals surface area contributed by atoms with Crippen LogP contribution < -0.4 is 5.73 Å². The summed E-state index contributed by atoms with van der Waals surface area (Å²) in [5, 5.41) is 3.29. The number of rotatable bonds is 9. The highest BCUT2D eigenvalue weighted by Gasteiger charge is 2.10. The highest BCUT2D eigenvalue weighted by atomic mass is 32.1. The highest BCUT2D eigenvalue weighted by Crippen LogP contribution is 2.13. The maximum atomic E-state index is 5.54. The zero-order valence-electron chi connectivity index (χ0n) is 11.7. The number of nitrogens with zero attached hydrogens (tertiary/aromatic N) is 2. The second-order valence-corrected chi connectivity index (χ2v) is 5.84. The minimum absolute atomic E-state index is 0.656. The molecule has 0 aromatic carbocycles. The number of nitrogens with two attached hydrogens (primary N) is 1. The quantitative estimate of drug-likeness (QED) is 0.743. The second kappa shape index (κ2) is 8.58. The molecule has 0 unspecified atom stereocenters. The molecule has 1 aromatic heterocycles. The summed E-state index contributed by atoms with van der Waals surface area (Å²) >= 11 is 1.71. The largest absolute Gasteiger partial charge is 0.383 e. The molecular weight excluding hydrogens is 246 g/mol. The Kier molecular flexibility index (Phi) is 7.42. The van der Waals surface area contributed by atoms with Gasteiger partial charge in [0.2, 0.25) is 0 Å². The van der Waals surface area contributed by atoms with E-state index in [4.69, 9.17) is 10.5 Å². The summed E-state index contributed by atoms with van der Waals surface area (Å²) in [6, 6.07) is 0. The van der Waals surface area contributed by atoms with Crippen LogP contribution in [0.5, 0.6) is 0 Å². The van der Waals surface area contributed by atoms with Crippen molar-refractivity contribution in [3.63, 3.8) is 0 Å². The van der Waals surface area contributed by atoms with Crippen molar-refractivity contribution in [3.8, 4) is 0 Å². The Hall–Kier alpha value is -0.490. The summed E-state index contributed by atoms with van der Waals surface area (Å²) in [6.45, 7) is 8.86. The number of methoxy groups -OCH3 is 1. The van der Waals surface area contributed by atoms with Gasteiger partial charge in [0.15, 0.2) is 0 Å². The van der Waals surface area contributed by atoms with E-state index < -0.39 is 0 Å². The average molecular weight is 271 g/mol. The summed E-state index contributed by atoms with van der Waals surface area (Å²) in [4.78, 5) is 7.01. The van der Waals surface area contributed by atoms with E-state index in [1.165, 1.54) is 0 Å². The molecule has 0 saturated carbocycles. The topological polar surface area (TPSA) is 51.4 Å². The normalized spacial score (nSPS) is 11.7. The smallest absolute Gasteiger partial charge is 0.0941 e. The lowest BCUT2D eigenvalue weighted by atomic mass is 10.2. The monoisotopic (exact) mass is 271 g/mol. The third-order valence-electron chi connectivity index (χ3n) is 2.58. The second-order valence-electron chi connectivity index (χ2n) is 4.89. The van der Waals surface area contributed by atoms with Crippen molar-refractivity contribution >= 4 is 11.3 Å². The van der Waals surface area contributed by atoms with Crippen molar-refractivity contribution in [1.82, 2.24) is 9.88 Å². The van der Waals surface area contributed by atoms with Crippen molar-refractivity contribution in [3.05, 3.63) is 16.1 Å². The molecule has 0 spiro atoms. The summed E-state index contributed by atoms with van der Waals surface area (Å²) < 4.78 is 5.16. The van der Waals surface area contributed by atoms with E-state index in [9.17, 15) is 0 Å². The van der Waals surface area contributed by atoms with Crippen molar-refractivity contribution in [2.45, 2.75) is 26.8 Å². The van der Waals surface area contributed by atoms with Gasteiger partial charge in [0, 0.05) is 38.5 Å². The molecule has 0 bridgehead atoms. The van der Waals surface area contributed by atoms with Crippen LogP contribution >= 0.6 is 11.3 Å². The fraction of sp³-hybridized carbons (Fsp3) is 0.769. The van der Waals surface area contributed by atoms with Gasteiger partial charge in [-0.2, -0.15) is 0 Å². The lowest BCUT2D eigenvalue weighted by molar-refractivity contribution is 0.135. The van der Waals surface area contributed by atoms with Gasteiger partial charge in [-0.15, -0.1) is 11.3 Å². The molecular formula is C13H25N3OS. The van der Waals surface area contributed by atoms with Crippen molar-refractivity contribution in [2.75, 3.05) is 33.4 Å². The molecule has 0 aliphatic carbocycles. The van der Waals surface area contributed by atoms with E-state index in [1.807, 2.05) is 0 Å². The molecule has 1 aromatic rings. The Morgan fingerprint density at radius 1 is 1.50 bits per heavy atom. The fourth-order valence-electron chi connectivity index (χ4n) is 1.86. The molecule has 0 saturated heterocycles. The minimum atomic E-state index is 0.656. The van der Waals surface area contributed by atoms with E-state index in [0.29, 0.717) is 12.5 Å². The molecule has 0 amide bonds. The molecule has 2 N–H and O–H groups in total. The van der Waals surface area contributed by atoms with Crippen molar-refractivity contribution < 1.29 is 4.74 Å². The fourth-order valence-corrected chi connectivity index (χ4v) is 2.67. The Morgan fingerprint density at radius 3 is 2.89 bits per heavy atom. The third-order valence-corrected chi connectivity index (χ3v) is 3.54. The minimum Gasteiger partial charge on any atom is -0.383 e. The first-order valence-electron chi connectivity index (χ1n) is 6.50. The van der Waals surface area contributed by atoms with Gasteiger partial charge in [-0.1, -0.05) is 13.8 Å². The molecule has 4 nitrogen and oxygen atoms in total. The van der Waals surface area contributed by atoms with E-state index in [2.05, 4.69) is 29.1 Å². The third kappa shape index (κ3) is 5.91. The molecule has 0 atom stereocenters. The number of hydrogen-bond donors (Lipinski definition) is 1. The van der Waals surface area contributed by atoms with Crippen LogP contribution in [0.1, 0.15) is 24.5 Å². The number of hydrogen-bond acceptors (Lipinski definition) is 5. The molecule has 0 fully saturated rings. The maximum Gasteiger partial charge on any atom is 0.0941 e. The van der Waals surface area contributed by atoms with Gasteiger partial charge in [0.25, 0.3) is 0 Å². The van der Waals surface area contributed by atoms with Gasteiger partial charge in [0.1, 0.15) is 0 Å². The van der Waals surface area contributed by atoms with E-state index >= 15 is 0 Å². The van der Waals surface area contributed by atoms with Crippen LogP contribution in [0.25, 0.3) is 0 Å². The Labute approximate surface area is 114 Å². The first-order chi connectivity index (χ1) is 8.65. The summed E-state index contributed by atoms with van der Waals surface area (Å²) in [7, 11) is 1.75. The summed E-state index contributed by atoms with van der Waals surface area (Å²) in [5.74, 6) is 0.656. The first-order valence-corrected chi connectivity index (χ1v) is 7.38. The lowest BCUT2D eigenvalue weighted by Gasteiger charge is -2.22. The number of thiazole rings is 1. The van der Waals surface area contributed by atoms with Crippen LogP contribution in [0.3, 0.4) is 0 Å². The SMILES string of the molecule is COCCN(Cc1csc(CCN)n1)CC(C)C. The predicted molar refractivity (Wildman–Crippen MR) is 76.9 cm³/mol. The summed E-state index contributed by atoms with van der Waals surface area (Å²) in [5.41, 5.74) is 6.70. The average Bonchev–Trinajstić information content (AvgIpc) is 2.73. The predicted octanol–water partition coefficient (Wildman–Crippen LogP) is 1.75. The maximum absolute atomic E-state index is 5.54. The van der Waals surface area contributed by atoms with Crippen molar-refractivity contribution in [2.24, 2.45) is 11.7 Å². The van der Waals surface area contributed by atoms with Gasteiger partial charge >= 0.3 is 0 Å². The Bertz CT molecular complexity index is 328. The molecule has 0 aliphatic heterocycles. The van der Waals surface area contributed by atoms with Gasteiger partial charge in [0.05, 0.1) is 17.3 Å². The molecule has 5 heteroatoms.